The fourth-order valence-electron chi connectivity index (χ4n) is 1.96. The highest BCUT2D eigenvalue weighted by molar-refractivity contribution is 6.33. The first kappa shape index (κ1) is 13.7. The smallest absolute Gasteiger partial charge is 0.255 e. The van der Waals surface area contributed by atoms with Crippen LogP contribution in [0.3, 0.4) is 0 Å². The van der Waals surface area contributed by atoms with E-state index < -0.39 is 0 Å². The third kappa shape index (κ3) is 2.97. The highest BCUT2D eigenvalue weighted by Gasteiger charge is 2.25. The molecule has 1 heterocycles. The fraction of sp³-hybridized carbons (Fsp3) is 0.462. The summed E-state index contributed by atoms with van der Waals surface area (Å²) < 4.78 is 5.43. The van der Waals surface area contributed by atoms with Gasteiger partial charge in [-0.2, -0.15) is 0 Å². The Hall–Kier alpha value is -0.770. The van der Waals surface area contributed by atoms with Crippen molar-refractivity contribution in [2.24, 2.45) is 0 Å². The van der Waals surface area contributed by atoms with Crippen LogP contribution in [0.15, 0.2) is 18.2 Å². The Kier molecular flexibility index (Phi) is 4.49. The molecule has 1 amide bonds. The number of amides is 1. The van der Waals surface area contributed by atoms with Gasteiger partial charge >= 0.3 is 0 Å². The molecule has 5 heteroatoms. The van der Waals surface area contributed by atoms with Gasteiger partial charge in [-0.25, -0.2) is 0 Å². The summed E-state index contributed by atoms with van der Waals surface area (Å²) in [7, 11) is 0. The van der Waals surface area contributed by atoms with Crippen molar-refractivity contribution in [3.8, 4) is 0 Å². The van der Waals surface area contributed by atoms with Gasteiger partial charge in [0.1, 0.15) is 0 Å². The molecule has 1 aromatic carbocycles. The molecule has 0 N–H and O–H groups in total. The maximum Gasteiger partial charge on any atom is 0.255 e. The van der Waals surface area contributed by atoms with E-state index in [0.717, 1.165) is 5.56 Å². The normalized spacial score (nSPS) is 19.9. The second-order valence-corrected chi connectivity index (χ2v) is 5.10. The number of hydrogen-bond donors (Lipinski definition) is 0. The standard InChI is InChI=1S/C13H15Cl2NO2/c1-9-2-3-11(12(15)6-9)13(17)16-4-5-18-10(7-14)8-16/h2-3,6,10H,4-5,7-8H2,1H3. The average Bonchev–Trinajstić information content (AvgIpc) is 2.38. The lowest BCUT2D eigenvalue weighted by Gasteiger charge is -2.32. The summed E-state index contributed by atoms with van der Waals surface area (Å²) >= 11 is 11.9. The van der Waals surface area contributed by atoms with Crippen LogP contribution in [-0.4, -0.2) is 42.5 Å². The van der Waals surface area contributed by atoms with Gasteiger partial charge in [0, 0.05) is 13.1 Å². The number of rotatable bonds is 2. The number of carbonyl (C=O) groups excluding carboxylic acids is 1. The summed E-state index contributed by atoms with van der Waals surface area (Å²) in [5, 5.41) is 0.494. The zero-order valence-corrected chi connectivity index (χ0v) is 11.7. The molecule has 1 aromatic rings. The van der Waals surface area contributed by atoms with Crippen molar-refractivity contribution in [1.82, 2.24) is 4.90 Å². The van der Waals surface area contributed by atoms with Crippen LogP contribution in [0.25, 0.3) is 0 Å². The first-order valence-electron chi connectivity index (χ1n) is 5.85. The SMILES string of the molecule is Cc1ccc(C(=O)N2CCOC(CCl)C2)c(Cl)c1. The molecule has 0 aliphatic carbocycles. The van der Waals surface area contributed by atoms with Crippen molar-refractivity contribution in [1.29, 1.82) is 0 Å². The number of ether oxygens (including phenoxy) is 1. The van der Waals surface area contributed by atoms with Crippen molar-refractivity contribution in [2.75, 3.05) is 25.6 Å². The second kappa shape index (κ2) is 5.91. The fourth-order valence-corrected chi connectivity index (χ4v) is 2.46. The lowest BCUT2D eigenvalue weighted by Crippen LogP contribution is -2.46. The zero-order valence-electron chi connectivity index (χ0n) is 10.2. The first-order valence-corrected chi connectivity index (χ1v) is 6.76. The second-order valence-electron chi connectivity index (χ2n) is 4.38. The maximum atomic E-state index is 12.3. The molecule has 98 valence electrons. The number of aryl methyl sites for hydroxylation is 1. The van der Waals surface area contributed by atoms with Crippen molar-refractivity contribution in [2.45, 2.75) is 13.0 Å². The lowest BCUT2D eigenvalue weighted by atomic mass is 10.1. The lowest BCUT2D eigenvalue weighted by molar-refractivity contribution is -0.0107. The van der Waals surface area contributed by atoms with Crippen LogP contribution in [-0.2, 0) is 4.74 Å². The molecule has 1 fully saturated rings. The average molecular weight is 288 g/mol. The van der Waals surface area contributed by atoms with E-state index in [9.17, 15) is 4.79 Å². The monoisotopic (exact) mass is 287 g/mol. The molecule has 0 aromatic heterocycles. The Morgan fingerprint density at radius 1 is 1.56 bits per heavy atom. The van der Waals surface area contributed by atoms with E-state index in [0.29, 0.717) is 36.2 Å². The minimum absolute atomic E-state index is 0.0570. The van der Waals surface area contributed by atoms with Crippen molar-refractivity contribution < 1.29 is 9.53 Å². The van der Waals surface area contributed by atoms with Gasteiger partial charge in [-0.15, -0.1) is 11.6 Å². The Morgan fingerprint density at radius 2 is 2.33 bits per heavy atom. The van der Waals surface area contributed by atoms with Crippen molar-refractivity contribution in [3.63, 3.8) is 0 Å². The van der Waals surface area contributed by atoms with Gasteiger partial charge in [0.25, 0.3) is 5.91 Å². The third-order valence-electron chi connectivity index (χ3n) is 2.95. The Morgan fingerprint density at radius 3 is 3.00 bits per heavy atom. The van der Waals surface area contributed by atoms with Gasteiger partial charge < -0.3 is 9.64 Å². The molecule has 1 aliphatic rings. The molecule has 0 spiro atoms. The number of nitrogens with zero attached hydrogens (tertiary/aromatic N) is 1. The van der Waals surface area contributed by atoms with Gasteiger partial charge in [0.15, 0.2) is 0 Å². The van der Waals surface area contributed by atoms with Crippen LogP contribution < -0.4 is 0 Å². The van der Waals surface area contributed by atoms with Crippen molar-refractivity contribution >= 4 is 29.1 Å². The quantitative estimate of drug-likeness (QED) is 0.783. The minimum atomic E-state index is -0.0893. The van der Waals surface area contributed by atoms with Crippen LogP contribution in [0.5, 0.6) is 0 Å². The molecule has 0 radical (unpaired) electrons. The summed E-state index contributed by atoms with van der Waals surface area (Å²) in [5.74, 6) is 0.337. The Bertz CT molecular complexity index is 451. The molecule has 1 atom stereocenters. The molecule has 18 heavy (non-hydrogen) atoms. The van der Waals surface area contributed by atoms with Crippen molar-refractivity contribution in [3.05, 3.63) is 34.3 Å². The van der Waals surface area contributed by atoms with Gasteiger partial charge in [-0.3, -0.25) is 4.79 Å². The van der Waals surface area contributed by atoms with Gasteiger partial charge in [-0.05, 0) is 24.6 Å². The number of halogens is 2. The van der Waals surface area contributed by atoms with E-state index in [2.05, 4.69) is 0 Å². The molecular formula is C13H15Cl2NO2. The summed E-state index contributed by atoms with van der Waals surface area (Å²) in [6.45, 7) is 3.56. The number of carbonyl (C=O) groups is 1. The van der Waals surface area contributed by atoms with E-state index in [1.54, 1.807) is 17.0 Å². The number of morpholine rings is 1. The van der Waals surface area contributed by atoms with E-state index in [4.69, 9.17) is 27.9 Å². The van der Waals surface area contributed by atoms with Crippen LogP contribution in [0.2, 0.25) is 5.02 Å². The maximum absolute atomic E-state index is 12.3. The number of hydrogen-bond acceptors (Lipinski definition) is 2. The third-order valence-corrected chi connectivity index (χ3v) is 3.61. The Labute approximate surface area is 117 Å². The number of benzene rings is 1. The van der Waals surface area contributed by atoms with Crippen LogP contribution in [0, 0.1) is 6.92 Å². The summed E-state index contributed by atoms with van der Waals surface area (Å²) in [4.78, 5) is 14.1. The molecule has 1 unspecified atom stereocenters. The molecule has 0 saturated carbocycles. The topological polar surface area (TPSA) is 29.5 Å². The largest absolute Gasteiger partial charge is 0.373 e. The predicted octanol–water partition coefficient (Wildman–Crippen LogP) is 2.73. The summed E-state index contributed by atoms with van der Waals surface area (Å²) in [5.41, 5.74) is 1.58. The summed E-state index contributed by atoms with van der Waals surface area (Å²) in [6, 6.07) is 5.46. The minimum Gasteiger partial charge on any atom is -0.373 e. The van der Waals surface area contributed by atoms with E-state index in [-0.39, 0.29) is 12.0 Å². The van der Waals surface area contributed by atoms with Crippen LogP contribution in [0.4, 0.5) is 0 Å². The molecule has 2 rings (SSSR count). The van der Waals surface area contributed by atoms with E-state index >= 15 is 0 Å². The van der Waals surface area contributed by atoms with E-state index in [1.165, 1.54) is 0 Å². The predicted molar refractivity (Wildman–Crippen MR) is 72.6 cm³/mol. The van der Waals surface area contributed by atoms with Crippen LogP contribution >= 0.6 is 23.2 Å². The van der Waals surface area contributed by atoms with E-state index in [1.807, 2.05) is 13.0 Å². The molecule has 1 aliphatic heterocycles. The number of alkyl halides is 1. The zero-order chi connectivity index (χ0) is 13.1. The molecule has 0 bridgehead atoms. The van der Waals surface area contributed by atoms with Gasteiger partial charge in [-0.1, -0.05) is 17.7 Å². The molecular weight excluding hydrogens is 273 g/mol. The highest BCUT2D eigenvalue weighted by atomic mass is 35.5. The summed E-state index contributed by atoms with van der Waals surface area (Å²) in [6.07, 6.45) is -0.0893. The van der Waals surface area contributed by atoms with Crippen LogP contribution in [0.1, 0.15) is 15.9 Å². The highest BCUT2D eigenvalue weighted by Crippen LogP contribution is 2.20. The Balaban J connectivity index is 2.15. The molecule has 3 nitrogen and oxygen atoms in total. The van der Waals surface area contributed by atoms with Gasteiger partial charge in [0.2, 0.25) is 0 Å². The molecule has 1 saturated heterocycles. The first-order chi connectivity index (χ1) is 8.61. The van der Waals surface area contributed by atoms with Gasteiger partial charge in [0.05, 0.1) is 29.2 Å².